The van der Waals surface area contributed by atoms with E-state index in [4.69, 9.17) is 10.5 Å². The smallest absolute Gasteiger partial charge is 0.0856 e. The van der Waals surface area contributed by atoms with Gasteiger partial charge in [0, 0.05) is 36.6 Å². The molecule has 1 aromatic rings. The summed E-state index contributed by atoms with van der Waals surface area (Å²) < 4.78 is 5.78. The van der Waals surface area contributed by atoms with E-state index in [-0.39, 0.29) is 12.1 Å². The molecule has 96 valence electrons. The van der Waals surface area contributed by atoms with Crippen molar-refractivity contribution in [2.75, 3.05) is 26.2 Å². The minimum absolute atomic E-state index is 0.0788. The molecule has 2 rings (SSSR count). The van der Waals surface area contributed by atoms with Crippen molar-refractivity contribution < 1.29 is 4.74 Å². The van der Waals surface area contributed by atoms with Gasteiger partial charge in [0.25, 0.3) is 0 Å². The standard InChI is InChI=1S/C12H21N3OS/c1-2-3-15-4-5-16-12(8-15)11(13)6-10-7-14-9-17-10/h7,9,11-12H,2-6,8,13H2,1H3. The van der Waals surface area contributed by atoms with E-state index in [0.717, 1.165) is 32.7 Å². The molecule has 1 aliphatic heterocycles. The monoisotopic (exact) mass is 255 g/mol. The molecule has 5 heteroatoms. The summed E-state index contributed by atoms with van der Waals surface area (Å²) in [6.45, 7) is 6.17. The van der Waals surface area contributed by atoms with E-state index >= 15 is 0 Å². The summed E-state index contributed by atoms with van der Waals surface area (Å²) in [7, 11) is 0. The zero-order valence-electron chi connectivity index (χ0n) is 10.3. The molecule has 0 spiro atoms. The highest BCUT2D eigenvalue weighted by atomic mass is 32.1. The van der Waals surface area contributed by atoms with Crippen LogP contribution < -0.4 is 5.73 Å². The Labute approximate surface area is 107 Å². The van der Waals surface area contributed by atoms with Gasteiger partial charge in [0.05, 0.1) is 18.2 Å². The lowest BCUT2D eigenvalue weighted by molar-refractivity contribution is -0.0399. The van der Waals surface area contributed by atoms with Gasteiger partial charge < -0.3 is 10.5 Å². The second-order valence-corrected chi connectivity index (χ2v) is 5.52. The van der Waals surface area contributed by atoms with E-state index in [0.29, 0.717) is 0 Å². The first-order valence-corrected chi connectivity index (χ1v) is 7.14. The number of ether oxygens (including phenoxy) is 1. The zero-order chi connectivity index (χ0) is 12.1. The second kappa shape index (κ2) is 6.44. The summed E-state index contributed by atoms with van der Waals surface area (Å²) in [5.41, 5.74) is 8.08. The second-order valence-electron chi connectivity index (χ2n) is 4.55. The zero-order valence-corrected chi connectivity index (χ0v) is 11.2. The van der Waals surface area contributed by atoms with Crippen LogP contribution in [0.25, 0.3) is 0 Å². The molecule has 0 saturated carbocycles. The van der Waals surface area contributed by atoms with Crippen LogP contribution in [0.2, 0.25) is 0 Å². The maximum absolute atomic E-state index is 6.23. The van der Waals surface area contributed by atoms with Gasteiger partial charge in [0.15, 0.2) is 0 Å². The van der Waals surface area contributed by atoms with E-state index in [2.05, 4.69) is 16.8 Å². The van der Waals surface area contributed by atoms with Gasteiger partial charge >= 0.3 is 0 Å². The Balaban J connectivity index is 1.84. The van der Waals surface area contributed by atoms with Crippen molar-refractivity contribution in [2.24, 2.45) is 5.73 Å². The van der Waals surface area contributed by atoms with Crippen LogP contribution in [0.15, 0.2) is 11.7 Å². The van der Waals surface area contributed by atoms with Crippen LogP contribution in [-0.2, 0) is 11.2 Å². The lowest BCUT2D eigenvalue weighted by Gasteiger charge is -2.35. The quantitative estimate of drug-likeness (QED) is 0.857. The molecular weight excluding hydrogens is 234 g/mol. The molecule has 2 unspecified atom stereocenters. The van der Waals surface area contributed by atoms with E-state index in [1.807, 2.05) is 11.7 Å². The molecule has 2 heterocycles. The van der Waals surface area contributed by atoms with Crippen LogP contribution in [0.4, 0.5) is 0 Å². The molecule has 1 aliphatic rings. The molecule has 0 radical (unpaired) electrons. The molecule has 4 nitrogen and oxygen atoms in total. The number of hydrogen-bond donors (Lipinski definition) is 1. The summed E-state index contributed by atoms with van der Waals surface area (Å²) >= 11 is 1.67. The van der Waals surface area contributed by atoms with Crippen molar-refractivity contribution in [3.63, 3.8) is 0 Å². The van der Waals surface area contributed by atoms with Gasteiger partial charge in [-0.3, -0.25) is 9.88 Å². The fourth-order valence-corrected chi connectivity index (χ4v) is 2.88. The minimum atomic E-state index is 0.0788. The molecule has 2 N–H and O–H groups in total. The first-order valence-electron chi connectivity index (χ1n) is 6.26. The Hall–Kier alpha value is -0.490. The number of thiazole rings is 1. The third-order valence-corrected chi connectivity index (χ3v) is 3.92. The minimum Gasteiger partial charge on any atom is -0.374 e. The van der Waals surface area contributed by atoms with Gasteiger partial charge in [-0.25, -0.2) is 0 Å². The molecule has 0 aromatic carbocycles. The van der Waals surface area contributed by atoms with E-state index < -0.39 is 0 Å². The molecule has 2 atom stereocenters. The number of morpholine rings is 1. The SMILES string of the molecule is CCCN1CCOC(C(N)Cc2cncs2)C1. The lowest BCUT2D eigenvalue weighted by Crippen LogP contribution is -2.51. The predicted molar refractivity (Wildman–Crippen MR) is 70.3 cm³/mol. The van der Waals surface area contributed by atoms with Gasteiger partial charge in [0.2, 0.25) is 0 Å². The average molecular weight is 255 g/mol. The Morgan fingerprint density at radius 2 is 2.59 bits per heavy atom. The van der Waals surface area contributed by atoms with Crippen LogP contribution in [0.3, 0.4) is 0 Å². The summed E-state index contributed by atoms with van der Waals surface area (Å²) in [5.74, 6) is 0. The van der Waals surface area contributed by atoms with Gasteiger partial charge in [-0.05, 0) is 13.0 Å². The predicted octanol–water partition coefficient (Wildman–Crippen LogP) is 1.12. The van der Waals surface area contributed by atoms with Crippen LogP contribution in [0, 0.1) is 0 Å². The Bertz CT molecular complexity index is 316. The molecular formula is C12H21N3OS. The lowest BCUT2D eigenvalue weighted by atomic mass is 10.1. The van der Waals surface area contributed by atoms with Crippen molar-refractivity contribution in [1.29, 1.82) is 0 Å². The van der Waals surface area contributed by atoms with Gasteiger partial charge in [-0.1, -0.05) is 6.92 Å². The van der Waals surface area contributed by atoms with Crippen molar-refractivity contribution in [1.82, 2.24) is 9.88 Å². The summed E-state index contributed by atoms with van der Waals surface area (Å²) in [6, 6.07) is 0.0788. The number of hydrogen-bond acceptors (Lipinski definition) is 5. The first kappa shape index (κ1) is 13.0. The largest absolute Gasteiger partial charge is 0.374 e. The maximum Gasteiger partial charge on any atom is 0.0856 e. The third kappa shape index (κ3) is 3.74. The van der Waals surface area contributed by atoms with Crippen LogP contribution in [0.5, 0.6) is 0 Å². The fourth-order valence-electron chi connectivity index (χ4n) is 2.22. The number of nitrogens with zero attached hydrogens (tertiary/aromatic N) is 2. The molecule has 1 fully saturated rings. The van der Waals surface area contributed by atoms with Gasteiger partial charge in [0.1, 0.15) is 0 Å². The van der Waals surface area contributed by atoms with Crippen LogP contribution in [0.1, 0.15) is 18.2 Å². The summed E-state index contributed by atoms with van der Waals surface area (Å²) in [5, 5.41) is 0. The highest BCUT2D eigenvalue weighted by Gasteiger charge is 2.25. The highest BCUT2D eigenvalue weighted by molar-refractivity contribution is 7.09. The normalized spacial score (nSPS) is 23.8. The molecule has 17 heavy (non-hydrogen) atoms. The number of aromatic nitrogens is 1. The third-order valence-electron chi connectivity index (χ3n) is 3.12. The Morgan fingerprint density at radius 3 is 3.29 bits per heavy atom. The fraction of sp³-hybridized carbons (Fsp3) is 0.750. The van der Waals surface area contributed by atoms with Crippen molar-refractivity contribution in [2.45, 2.75) is 31.9 Å². The molecule has 1 aromatic heterocycles. The Kier molecular flexibility index (Phi) is 4.91. The van der Waals surface area contributed by atoms with E-state index in [1.54, 1.807) is 11.3 Å². The molecule has 1 saturated heterocycles. The van der Waals surface area contributed by atoms with Crippen molar-refractivity contribution >= 4 is 11.3 Å². The molecule has 0 aliphatic carbocycles. The molecule has 0 bridgehead atoms. The van der Waals surface area contributed by atoms with Gasteiger partial charge in [-0.15, -0.1) is 11.3 Å². The average Bonchev–Trinajstić information content (AvgIpc) is 2.83. The van der Waals surface area contributed by atoms with Gasteiger partial charge in [-0.2, -0.15) is 0 Å². The highest BCUT2D eigenvalue weighted by Crippen LogP contribution is 2.14. The topological polar surface area (TPSA) is 51.4 Å². The summed E-state index contributed by atoms with van der Waals surface area (Å²) in [6.07, 6.45) is 4.13. The number of nitrogens with two attached hydrogens (primary N) is 1. The molecule has 0 amide bonds. The van der Waals surface area contributed by atoms with E-state index in [1.165, 1.54) is 11.3 Å². The first-order chi connectivity index (χ1) is 8.29. The maximum atomic E-state index is 6.23. The number of rotatable bonds is 5. The van der Waals surface area contributed by atoms with Crippen molar-refractivity contribution in [3.05, 3.63) is 16.6 Å². The van der Waals surface area contributed by atoms with Crippen molar-refractivity contribution in [3.8, 4) is 0 Å². The van der Waals surface area contributed by atoms with Crippen LogP contribution >= 0.6 is 11.3 Å². The van der Waals surface area contributed by atoms with E-state index in [9.17, 15) is 0 Å². The van der Waals surface area contributed by atoms with Crippen LogP contribution in [-0.4, -0.2) is 48.3 Å². The Morgan fingerprint density at radius 1 is 1.71 bits per heavy atom. The summed E-state index contributed by atoms with van der Waals surface area (Å²) in [4.78, 5) is 7.77.